The Morgan fingerprint density at radius 3 is 3.14 bits per heavy atom. The Balaban J connectivity index is 2.23. The molecule has 0 aliphatic carbocycles. The number of rotatable bonds is 5. The third-order valence-corrected chi connectivity index (χ3v) is 2.66. The number of nitrogens with one attached hydrogen (secondary N) is 1. The van der Waals surface area contributed by atoms with Crippen LogP contribution in [0.25, 0.3) is 0 Å². The number of amides is 1. The van der Waals surface area contributed by atoms with E-state index in [1.807, 2.05) is 6.92 Å². The van der Waals surface area contributed by atoms with Gasteiger partial charge in [-0.3, -0.25) is 9.78 Å². The van der Waals surface area contributed by atoms with E-state index in [1.165, 1.54) is 17.5 Å². The van der Waals surface area contributed by atoms with Crippen molar-refractivity contribution in [2.75, 3.05) is 6.54 Å². The van der Waals surface area contributed by atoms with E-state index in [4.69, 9.17) is 0 Å². The highest BCUT2D eigenvalue weighted by Gasteiger charge is 2.07. The number of aliphatic hydroxyl groups excluding tert-OH is 1. The van der Waals surface area contributed by atoms with Gasteiger partial charge in [0.05, 0.1) is 17.8 Å². The zero-order chi connectivity index (χ0) is 10.4. The van der Waals surface area contributed by atoms with E-state index in [2.05, 4.69) is 10.3 Å². The van der Waals surface area contributed by atoms with Crippen molar-refractivity contribution in [3.8, 4) is 0 Å². The number of carbonyl (C=O) groups excluding carboxylic acids is 1. The number of carbonyl (C=O) groups is 1. The van der Waals surface area contributed by atoms with Gasteiger partial charge in [-0.25, -0.2) is 0 Å². The maximum atomic E-state index is 11.4. The SMILES string of the molecule is CCC(O)CCNC(=O)c1cncs1. The van der Waals surface area contributed by atoms with Gasteiger partial charge in [0.15, 0.2) is 0 Å². The van der Waals surface area contributed by atoms with Gasteiger partial charge in [0.1, 0.15) is 4.88 Å². The predicted octanol–water partition coefficient (Wildman–Crippen LogP) is 1.03. The molecule has 0 aliphatic rings. The smallest absolute Gasteiger partial charge is 0.262 e. The fraction of sp³-hybridized carbons (Fsp3) is 0.556. The molecule has 78 valence electrons. The lowest BCUT2D eigenvalue weighted by molar-refractivity contribution is 0.0946. The summed E-state index contributed by atoms with van der Waals surface area (Å²) < 4.78 is 0. The van der Waals surface area contributed by atoms with Crippen LogP contribution in [-0.2, 0) is 0 Å². The topological polar surface area (TPSA) is 62.2 Å². The Bertz CT molecular complexity index is 274. The van der Waals surface area contributed by atoms with Crippen LogP contribution < -0.4 is 5.32 Å². The van der Waals surface area contributed by atoms with Crippen molar-refractivity contribution in [3.63, 3.8) is 0 Å². The van der Waals surface area contributed by atoms with E-state index >= 15 is 0 Å². The molecule has 2 N–H and O–H groups in total. The third-order valence-electron chi connectivity index (χ3n) is 1.89. The highest BCUT2D eigenvalue weighted by Crippen LogP contribution is 2.04. The highest BCUT2D eigenvalue weighted by molar-refractivity contribution is 7.11. The first-order chi connectivity index (χ1) is 6.74. The zero-order valence-corrected chi connectivity index (χ0v) is 8.88. The summed E-state index contributed by atoms with van der Waals surface area (Å²) in [7, 11) is 0. The first kappa shape index (κ1) is 11.1. The second-order valence-corrected chi connectivity index (χ2v) is 3.86. The molecule has 1 amide bonds. The van der Waals surface area contributed by atoms with Crippen LogP contribution >= 0.6 is 11.3 Å². The van der Waals surface area contributed by atoms with Gasteiger partial charge in [0, 0.05) is 6.54 Å². The molecule has 5 heteroatoms. The number of thiazole rings is 1. The molecule has 1 aromatic rings. The minimum Gasteiger partial charge on any atom is -0.393 e. The van der Waals surface area contributed by atoms with Crippen LogP contribution in [0.3, 0.4) is 0 Å². The minimum absolute atomic E-state index is 0.115. The summed E-state index contributed by atoms with van der Waals surface area (Å²) in [6.45, 7) is 2.42. The van der Waals surface area contributed by atoms with Crippen molar-refractivity contribution < 1.29 is 9.90 Å². The van der Waals surface area contributed by atoms with Gasteiger partial charge in [0.25, 0.3) is 5.91 Å². The summed E-state index contributed by atoms with van der Waals surface area (Å²) in [5.41, 5.74) is 1.62. The van der Waals surface area contributed by atoms with Crippen molar-refractivity contribution in [1.29, 1.82) is 0 Å². The summed E-state index contributed by atoms with van der Waals surface area (Å²) in [6, 6.07) is 0. The average Bonchev–Trinajstić information content (AvgIpc) is 2.70. The maximum absolute atomic E-state index is 11.4. The summed E-state index contributed by atoms with van der Waals surface area (Å²) in [4.78, 5) is 15.8. The third kappa shape index (κ3) is 3.43. The molecule has 0 fully saturated rings. The van der Waals surface area contributed by atoms with Crippen LogP contribution in [0.1, 0.15) is 29.4 Å². The number of hydrogen-bond donors (Lipinski definition) is 2. The van der Waals surface area contributed by atoms with E-state index in [9.17, 15) is 9.90 Å². The molecule has 0 aromatic carbocycles. The van der Waals surface area contributed by atoms with Crippen molar-refractivity contribution >= 4 is 17.2 Å². The molecule has 0 aliphatic heterocycles. The van der Waals surface area contributed by atoms with Crippen LogP contribution in [0, 0.1) is 0 Å². The Hall–Kier alpha value is -0.940. The summed E-state index contributed by atoms with van der Waals surface area (Å²) in [5.74, 6) is -0.115. The molecular formula is C9H14N2O2S. The molecule has 1 rings (SSSR count). The van der Waals surface area contributed by atoms with Gasteiger partial charge >= 0.3 is 0 Å². The number of nitrogens with zero attached hydrogens (tertiary/aromatic N) is 1. The van der Waals surface area contributed by atoms with Crippen molar-refractivity contribution in [2.45, 2.75) is 25.9 Å². The average molecular weight is 214 g/mol. The zero-order valence-electron chi connectivity index (χ0n) is 8.06. The van der Waals surface area contributed by atoms with Crippen LogP contribution in [-0.4, -0.2) is 28.6 Å². The first-order valence-electron chi connectivity index (χ1n) is 4.58. The Morgan fingerprint density at radius 2 is 2.57 bits per heavy atom. The highest BCUT2D eigenvalue weighted by atomic mass is 32.1. The number of aromatic nitrogens is 1. The second kappa shape index (κ2) is 5.72. The lowest BCUT2D eigenvalue weighted by atomic mass is 10.2. The van der Waals surface area contributed by atoms with Gasteiger partial charge in [-0.15, -0.1) is 11.3 Å². The number of aliphatic hydroxyl groups is 1. The lowest BCUT2D eigenvalue weighted by Gasteiger charge is -2.07. The fourth-order valence-electron chi connectivity index (χ4n) is 0.971. The Labute approximate surface area is 87.0 Å². The Kier molecular flexibility index (Phi) is 4.55. The molecule has 4 nitrogen and oxygen atoms in total. The van der Waals surface area contributed by atoms with E-state index in [0.717, 1.165) is 6.42 Å². The molecule has 0 saturated carbocycles. The lowest BCUT2D eigenvalue weighted by Crippen LogP contribution is -2.26. The molecule has 0 bridgehead atoms. The van der Waals surface area contributed by atoms with E-state index < -0.39 is 0 Å². The van der Waals surface area contributed by atoms with Crippen LogP contribution in [0.2, 0.25) is 0 Å². The van der Waals surface area contributed by atoms with Gasteiger partial charge in [-0.1, -0.05) is 6.92 Å². The predicted molar refractivity (Wildman–Crippen MR) is 55.4 cm³/mol. The molecule has 0 spiro atoms. The van der Waals surface area contributed by atoms with E-state index in [1.54, 1.807) is 5.51 Å². The molecule has 1 unspecified atom stereocenters. The van der Waals surface area contributed by atoms with E-state index in [0.29, 0.717) is 17.8 Å². The van der Waals surface area contributed by atoms with Gasteiger partial charge < -0.3 is 10.4 Å². The molecule has 1 heterocycles. The normalized spacial score (nSPS) is 12.4. The van der Waals surface area contributed by atoms with Crippen molar-refractivity contribution in [2.24, 2.45) is 0 Å². The molecular weight excluding hydrogens is 200 g/mol. The largest absolute Gasteiger partial charge is 0.393 e. The summed E-state index contributed by atoms with van der Waals surface area (Å²) >= 11 is 1.31. The van der Waals surface area contributed by atoms with Crippen LogP contribution in [0.5, 0.6) is 0 Å². The quantitative estimate of drug-likeness (QED) is 0.769. The second-order valence-electron chi connectivity index (χ2n) is 2.97. The van der Waals surface area contributed by atoms with E-state index in [-0.39, 0.29) is 12.0 Å². The number of hydrogen-bond acceptors (Lipinski definition) is 4. The summed E-state index contributed by atoms with van der Waals surface area (Å²) in [6.07, 6.45) is 2.53. The molecule has 0 radical (unpaired) electrons. The van der Waals surface area contributed by atoms with Crippen molar-refractivity contribution in [3.05, 3.63) is 16.6 Å². The van der Waals surface area contributed by atoms with Gasteiger partial charge in [-0.05, 0) is 12.8 Å². The summed E-state index contributed by atoms with van der Waals surface area (Å²) in [5, 5.41) is 12.0. The van der Waals surface area contributed by atoms with Gasteiger partial charge in [-0.2, -0.15) is 0 Å². The standard InChI is InChI=1S/C9H14N2O2S/c1-2-7(12)3-4-11-9(13)8-5-10-6-14-8/h5-7,12H,2-4H2,1H3,(H,11,13). The minimum atomic E-state index is -0.322. The first-order valence-corrected chi connectivity index (χ1v) is 5.46. The fourth-order valence-corrected chi connectivity index (χ4v) is 1.51. The van der Waals surface area contributed by atoms with Crippen molar-refractivity contribution in [1.82, 2.24) is 10.3 Å². The molecule has 1 atom stereocenters. The molecule has 14 heavy (non-hydrogen) atoms. The molecule has 1 aromatic heterocycles. The monoisotopic (exact) mass is 214 g/mol. The maximum Gasteiger partial charge on any atom is 0.262 e. The Morgan fingerprint density at radius 1 is 1.79 bits per heavy atom. The van der Waals surface area contributed by atoms with Crippen LogP contribution in [0.15, 0.2) is 11.7 Å². The molecule has 0 saturated heterocycles. The van der Waals surface area contributed by atoms with Crippen LogP contribution in [0.4, 0.5) is 0 Å². The van der Waals surface area contributed by atoms with Gasteiger partial charge in [0.2, 0.25) is 0 Å².